The number of unbranched alkanes of at least 4 members (excludes halogenated alkanes) is 1. The summed E-state index contributed by atoms with van der Waals surface area (Å²) in [6.07, 6.45) is 8.60. The van der Waals surface area contributed by atoms with Gasteiger partial charge in [0.25, 0.3) is 0 Å². The Balaban J connectivity index is 1.99. The van der Waals surface area contributed by atoms with Crippen LogP contribution in [0.1, 0.15) is 59.8 Å². The number of aliphatic hydroxyl groups is 1. The van der Waals surface area contributed by atoms with Gasteiger partial charge in [-0.25, -0.2) is 0 Å². The number of carbonyl (C=O) groups is 1. The van der Waals surface area contributed by atoms with Crippen LogP contribution >= 0.6 is 0 Å². The molecule has 3 heteroatoms. The van der Waals surface area contributed by atoms with Crippen molar-refractivity contribution in [1.29, 1.82) is 0 Å². The number of fused-ring (bicyclic) bond motifs is 1. The van der Waals surface area contributed by atoms with E-state index in [4.69, 9.17) is 4.74 Å². The van der Waals surface area contributed by atoms with Crippen LogP contribution in [0.4, 0.5) is 0 Å². The first kappa shape index (κ1) is 16.5. The predicted octanol–water partition coefficient (Wildman–Crippen LogP) is 3.71. The molecule has 1 saturated carbocycles. The van der Waals surface area contributed by atoms with E-state index in [1.165, 1.54) is 12.8 Å². The second-order valence-corrected chi connectivity index (χ2v) is 7.63. The molecule has 2 fully saturated rings. The number of esters is 1. The zero-order chi connectivity index (χ0) is 15.6. The van der Waals surface area contributed by atoms with E-state index in [1.807, 2.05) is 6.08 Å². The summed E-state index contributed by atoms with van der Waals surface area (Å²) in [6, 6.07) is 0. The predicted molar refractivity (Wildman–Crippen MR) is 83.7 cm³/mol. The maximum absolute atomic E-state index is 11.4. The zero-order valence-corrected chi connectivity index (χ0v) is 13.8. The molecule has 120 valence electrons. The van der Waals surface area contributed by atoms with E-state index in [1.54, 1.807) is 0 Å². The van der Waals surface area contributed by atoms with Gasteiger partial charge < -0.3 is 9.84 Å². The van der Waals surface area contributed by atoms with Crippen molar-refractivity contribution in [2.24, 2.45) is 23.2 Å². The standard InChI is InChI=1S/C18H30O3/c1-5-6-8-18(3,4)9-7-14(19)17-12(2)10-15-13(17)11-16(20)21-15/h7,9,12-15,17,19H,5-6,8,10-11H2,1-4H3/b9-7+/t12-,13+,14+,15+,17+/m1/s1. The number of hydrogen-bond donors (Lipinski definition) is 1. The minimum atomic E-state index is -0.467. The first-order chi connectivity index (χ1) is 9.84. The highest BCUT2D eigenvalue weighted by molar-refractivity contribution is 5.72. The molecule has 2 aliphatic rings. The number of hydrogen-bond acceptors (Lipinski definition) is 3. The Bertz CT molecular complexity index is 399. The van der Waals surface area contributed by atoms with E-state index in [-0.39, 0.29) is 29.3 Å². The lowest BCUT2D eigenvalue weighted by atomic mass is 9.81. The number of carbonyl (C=O) groups excluding carboxylic acids is 1. The van der Waals surface area contributed by atoms with Gasteiger partial charge in [-0.3, -0.25) is 4.79 Å². The van der Waals surface area contributed by atoms with E-state index in [2.05, 4.69) is 33.8 Å². The monoisotopic (exact) mass is 294 g/mol. The lowest BCUT2D eigenvalue weighted by Crippen LogP contribution is -2.28. The molecule has 1 heterocycles. The Hall–Kier alpha value is -0.830. The Morgan fingerprint density at radius 2 is 2.19 bits per heavy atom. The van der Waals surface area contributed by atoms with Crippen LogP contribution in [-0.2, 0) is 9.53 Å². The van der Waals surface area contributed by atoms with Gasteiger partial charge in [0.1, 0.15) is 6.10 Å². The fourth-order valence-corrected chi connectivity index (χ4v) is 3.97. The van der Waals surface area contributed by atoms with Crippen LogP contribution in [0.5, 0.6) is 0 Å². The van der Waals surface area contributed by atoms with Gasteiger partial charge in [-0.05, 0) is 30.1 Å². The van der Waals surface area contributed by atoms with Crippen molar-refractivity contribution >= 4 is 5.97 Å². The maximum atomic E-state index is 11.4. The number of rotatable bonds is 6. The molecule has 0 aromatic carbocycles. The molecule has 1 saturated heterocycles. The van der Waals surface area contributed by atoms with E-state index in [0.717, 1.165) is 12.8 Å². The van der Waals surface area contributed by atoms with E-state index >= 15 is 0 Å². The molecule has 21 heavy (non-hydrogen) atoms. The van der Waals surface area contributed by atoms with Gasteiger partial charge >= 0.3 is 5.97 Å². The number of ether oxygens (including phenoxy) is 1. The molecule has 0 amide bonds. The minimum Gasteiger partial charge on any atom is -0.462 e. The van der Waals surface area contributed by atoms with Crippen molar-refractivity contribution in [3.05, 3.63) is 12.2 Å². The maximum Gasteiger partial charge on any atom is 0.306 e. The van der Waals surface area contributed by atoms with E-state index in [0.29, 0.717) is 12.3 Å². The topological polar surface area (TPSA) is 46.5 Å². The van der Waals surface area contributed by atoms with Gasteiger partial charge in [0.05, 0.1) is 12.5 Å². The van der Waals surface area contributed by atoms with Gasteiger partial charge in [0, 0.05) is 5.92 Å². The third-order valence-electron chi connectivity index (χ3n) is 5.23. The average Bonchev–Trinajstić information content (AvgIpc) is 2.88. The van der Waals surface area contributed by atoms with Crippen LogP contribution in [0.2, 0.25) is 0 Å². The fraction of sp³-hybridized carbons (Fsp3) is 0.833. The SMILES string of the molecule is CCCCC(C)(C)/C=C/[C@H](O)[C@@H]1[C@H]2CC(=O)O[C@H]2C[C@H]1C. The van der Waals surface area contributed by atoms with Gasteiger partial charge in [-0.15, -0.1) is 0 Å². The normalized spacial score (nSPS) is 34.2. The summed E-state index contributed by atoms with van der Waals surface area (Å²) in [5.74, 6) is 0.665. The number of aliphatic hydroxyl groups excluding tert-OH is 1. The molecule has 3 nitrogen and oxygen atoms in total. The molecule has 0 radical (unpaired) electrons. The molecule has 1 aliphatic carbocycles. The van der Waals surface area contributed by atoms with Crippen LogP contribution < -0.4 is 0 Å². The molecule has 0 unspecified atom stereocenters. The molecular formula is C18H30O3. The van der Waals surface area contributed by atoms with Crippen LogP contribution in [0.25, 0.3) is 0 Å². The minimum absolute atomic E-state index is 0.0358. The largest absolute Gasteiger partial charge is 0.462 e. The third-order valence-corrected chi connectivity index (χ3v) is 5.23. The Morgan fingerprint density at radius 3 is 2.86 bits per heavy atom. The first-order valence-electron chi connectivity index (χ1n) is 8.41. The highest BCUT2D eigenvalue weighted by Gasteiger charge is 2.50. The van der Waals surface area contributed by atoms with Crippen LogP contribution in [0.3, 0.4) is 0 Å². The fourth-order valence-electron chi connectivity index (χ4n) is 3.97. The summed E-state index contributed by atoms with van der Waals surface area (Å²) in [6.45, 7) is 8.80. The Morgan fingerprint density at radius 1 is 1.48 bits per heavy atom. The van der Waals surface area contributed by atoms with Crippen LogP contribution in [0, 0.1) is 23.2 Å². The lowest BCUT2D eigenvalue weighted by molar-refractivity contribution is -0.141. The Labute approximate surface area is 128 Å². The summed E-state index contributed by atoms with van der Waals surface area (Å²) in [4.78, 5) is 11.4. The van der Waals surface area contributed by atoms with Crippen molar-refractivity contribution in [3.8, 4) is 0 Å². The van der Waals surface area contributed by atoms with Crippen molar-refractivity contribution in [3.63, 3.8) is 0 Å². The molecule has 2 rings (SSSR count). The van der Waals surface area contributed by atoms with Crippen molar-refractivity contribution < 1.29 is 14.6 Å². The molecule has 0 bridgehead atoms. The zero-order valence-electron chi connectivity index (χ0n) is 13.8. The lowest BCUT2D eigenvalue weighted by Gasteiger charge is -2.26. The summed E-state index contributed by atoms with van der Waals surface area (Å²) >= 11 is 0. The second-order valence-electron chi connectivity index (χ2n) is 7.63. The van der Waals surface area contributed by atoms with Crippen molar-refractivity contribution in [2.45, 2.75) is 72.0 Å². The van der Waals surface area contributed by atoms with Crippen LogP contribution in [0.15, 0.2) is 12.2 Å². The van der Waals surface area contributed by atoms with E-state index < -0.39 is 6.10 Å². The summed E-state index contributed by atoms with van der Waals surface area (Å²) < 4.78 is 5.36. The molecule has 0 aromatic heterocycles. The number of allylic oxidation sites excluding steroid dienone is 1. The molecule has 0 spiro atoms. The quantitative estimate of drug-likeness (QED) is 0.600. The highest BCUT2D eigenvalue weighted by Crippen LogP contribution is 2.46. The van der Waals surface area contributed by atoms with Crippen molar-refractivity contribution in [2.75, 3.05) is 0 Å². The highest BCUT2D eigenvalue weighted by atomic mass is 16.6. The van der Waals surface area contributed by atoms with Gasteiger partial charge in [0.2, 0.25) is 0 Å². The van der Waals surface area contributed by atoms with Crippen molar-refractivity contribution in [1.82, 2.24) is 0 Å². The first-order valence-corrected chi connectivity index (χ1v) is 8.41. The summed E-state index contributed by atoms with van der Waals surface area (Å²) in [5, 5.41) is 10.6. The molecule has 0 aromatic rings. The molecule has 1 aliphatic heterocycles. The van der Waals surface area contributed by atoms with E-state index in [9.17, 15) is 9.90 Å². The summed E-state index contributed by atoms with van der Waals surface area (Å²) in [7, 11) is 0. The van der Waals surface area contributed by atoms with Gasteiger partial charge in [0.15, 0.2) is 0 Å². The molecule has 1 N–H and O–H groups in total. The Kier molecular flexibility index (Phi) is 5.13. The average molecular weight is 294 g/mol. The molecular weight excluding hydrogens is 264 g/mol. The van der Waals surface area contributed by atoms with Gasteiger partial charge in [-0.1, -0.05) is 52.7 Å². The second kappa shape index (κ2) is 6.51. The molecule has 5 atom stereocenters. The smallest absolute Gasteiger partial charge is 0.306 e. The summed E-state index contributed by atoms with van der Waals surface area (Å²) in [5.41, 5.74) is 0.125. The van der Waals surface area contributed by atoms with Gasteiger partial charge in [-0.2, -0.15) is 0 Å². The third kappa shape index (κ3) is 3.88. The van der Waals surface area contributed by atoms with Crippen LogP contribution in [-0.4, -0.2) is 23.3 Å².